The molecule has 18 heavy (non-hydrogen) atoms. The Bertz CT molecular complexity index is 532. The lowest BCUT2D eigenvalue weighted by Gasteiger charge is -2.12. The first-order valence-electron chi connectivity index (χ1n) is 6.38. The average molecular weight is 245 g/mol. The Kier molecular flexibility index (Phi) is 3.77. The molecule has 0 amide bonds. The molecular weight excluding hydrogens is 226 g/mol. The van der Waals surface area contributed by atoms with Crippen molar-refractivity contribution in [1.29, 1.82) is 0 Å². The standard InChI is InChI=1S/C14H19N3O/c1-4-11-9-12(5-2)17(16-11)14-13(10(3)18)7-6-8-15-14/h6-10,18H,4-5H2,1-3H3/t10-/m1/s1. The topological polar surface area (TPSA) is 50.9 Å². The highest BCUT2D eigenvalue weighted by Crippen LogP contribution is 2.21. The smallest absolute Gasteiger partial charge is 0.159 e. The molecule has 96 valence electrons. The quantitative estimate of drug-likeness (QED) is 0.900. The first-order chi connectivity index (χ1) is 8.67. The summed E-state index contributed by atoms with van der Waals surface area (Å²) in [4.78, 5) is 4.37. The van der Waals surface area contributed by atoms with E-state index in [1.54, 1.807) is 13.1 Å². The molecule has 0 aromatic carbocycles. The lowest BCUT2D eigenvalue weighted by molar-refractivity contribution is 0.198. The summed E-state index contributed by atoms with van der Waals surface area (Å²) in [7, 11) is 0. The van der Waals surface area contributed by atoms with E-state index in [1.807, 2.05) is 16.8 Å². The molecule has 0 spiro atoms. The van der Waals surface area contributed by atoms with Crippen LogP contribution in [0.5, 0.6) is 0 Å². The summed E-state index contributed by atoms with van der Waals surface area (Å²) in [5.41, 5.74) is 2.97. The Morgan fingerprint density at radius 3 is 2.72 bits per heavy atom. The predicted molar refractivity (Wildman–Crippen MR) is 70.7 cm³/mol. The van der Waals surface area contributed by atoms with Gasteiger partial charge in [0, 0.05) is 17.5 Å². The molecule has 0 saturated carbocycles. The molecule has 1 atom stereocenters. The summed E-state index contributed by atoms with van der Waals surface area (Å²) in [6, 6.07) is 5.82. The maximum atomic E-state index is 9.81. The van der Waals surface area contributed by atoms with Gasteiger partial charge in [0.1, 0.15) is 0 Å². The van der Waals surface area contributed by atoms with Gasteiger partial charge >= 0.3 is 0 Å². The van der Waals surface area contributed by atoms with Gasteiger partial charge < -0.3 is 5.11 Å². The molecule has 2 aromatic rings. The van der Waals surface area contributed by atoms with E-state index in [0.717, 1.165) is 35.6 Å². The number of aromatic nitrogens is 3. The normalized spacial score (nSPS) is 12.7. The zero-order chi connectivity index (χ0) is 13.1. The second-order valence-electron chi connectivity index (χ2n) is 4.34. The highest BCUT2D eigenvalue weighted by Gasteiger charge is 2.14. The first-order valence-corrected chi connectivity index (χ1v) is 6.38. The third-order valence-electron chi connectivity index (χ3n) is 3.03. The van der Waals surface area contributed by atoms with Crippen molar-refractivity contribution in [3.8, 4) is 5.82 Å². The molecule has 0 bridgehead atoms. The van der Waals surface area contributed by atoms with Crippen molar-refractivity contribution >= 4 is 0 Å². The summed E-state index contributed by atoms with van der Waals surface area (Å²) < 4.78 is 1.85. The summed E-state index contributed by atoms with van der Waals surface area (Å²) in [6.07, 6.45) is 2.97. The lowest BCUT2D eigenvalue weighted by Crippen LogP contribution is -2.09. The molecule has 2 aromatic heterocycles. The van der Waals surface area contributed by atoms with E-state index >= 15 is 0 Å². The van der Waals surface area contributed by atoms with Gasteiger partial charge in [-0.3, -0.25) is 0 Å². The van der Waals surface area contributed by atoms with Gasteiger partial charge in [0.15, 0.2) is 5.82 Å². The first kappa shape index (κ1) is 12.8. The molecule has 4 nitrogen and oxygen atoms in total. The average Bonchev–Trinajstić information content (AvgIpc) is 2.81. The van der Waals surface area contributed by atoms with E-state index in [9.17, 15) is 5.11 Å². The maximum absolute atomic E-state index is 9.81. The maximum Gasteiger partial charge on any atom is 0.159 e. The van der Waals surface area contributed by atoms with Gasteiger partial charge in [0.2, 0.25) is 0 Å². The molecule has 0 aliphatic heterocycles. The molecule has 0 aliphatic rings. The van der Waals surface area contributed by atoms with E-state index in [4.69, 9.17) is 0 Å². The van der Waals surface area contributed by atoms with Gasteiger partial charge in [-0.15, -0.1) is 0 Å². The fourth-order valence-corrected chi connectivity index (χ4v) is 2.00. The van der Waals surface area contributed by atoms with Crippen molar-refractivity contribution in [1.82, 2.24) is 14.8 Å². The molecular formula is C14H19N3O. The minimum Gasteiger partial charge on any atom is -0.389 e. The van der Waals surface area contributed by atoms with Crippen LogP contribution in [0.4, 0.5) is 0 Å². The van der Waals surface area contributed by atoms with Crippen LogP contribution in [-0.2, 0) is 12.8 Å². The summed E-state index contributed by atoms with van der Waals surface area (Å²) >= 11 is 0. The third kappa shape index (κ3) is 2.29. The molecule has 0 aliphatic carbocycles. The second kappa shape index (κ2) is 5.31. The number of hydrogen-bond acceptors (Lipinski definition) is 3. The molecule has 2 heterocycles. The Morgan fingerprint density at radius 2 is 2.11 bits per heavy atom. The fraction of sp³-hybridized carbons (Fsp3) is 0.429. The Balaban J connectivity index is 2.57. The number of aryl methyl sites for hydroxylation is 2. The molecule has 0 fully saturated rings. The minimum absolute atomic E-state index is 0.548. The zero-order valence-corrected chi connectivity index (χ0v) is 11.1. The number of rotatable bonds is 4. The molecule has 1 N–H and O–H groups in total. The summed E-state index contributed by atoms with van der Waals surface area (Å²) in [6.45, 7) is 5.93. The van der Waals surface area contributed by atoms with Crippen LogP contribution in [0.1, 0.15) is 43.8 Å². The van der Waals surface area contributed by atoms with Gasteiger partial charge in [0.25, 0.3) is 0 Å². The highest BCUT2D eigenvalue weighted by atomic mass is 16.3. The number of hydrogen-bond donors (Lipinski definition) is 1. The van der Waals surface area contributed by atoms with Gasteiger partial charge in [-0.25, -0.2) is 9.67 Å². The van der Waals surface area contributed by atoms with Crippen LogP contribution in [-0.4, -0.2) is 19.9 Å². The van der Waals surface area contributed by atoms with Crippen LogP contribution >= 0.6 is 0 Å². The summed E-state index contributed by atoms with van der Waals surface area (Å²) in [5, 5.41) is 14.4. The van der Waals surface area contributed by atoms with Crippen LogP contribution in [0.2, 0.25) is 0 Å². The third-order valence-corrected chi connectivity index (χ3v) is 3.03. The SMILES string of the molecule is CCc1cc(CC)n(-c2ncccc2[C@@H](C)O)n1. The Hall–Kier alpha value is -1.68. The lowest BCUT2D eigenvalue weighted by atomic mass is 10.1. The fourth-order valence-electron chi connectivity index (χ4n) is 2.00. The number of pyridine rings is 1. The van der Waals surface area contributed by atoms with Crippen LogP contribution in [0.15, 0.2) is 24.4 Å². The monoisotopic (exact) mass is 245 g/mol. The molecule has 0 unspecified atom stereocenters. The Morgan fingerprint density at radius 1 is 1.33 bits per heavy atom. The van der Waals surface area contributed by atoms with Crippen molar-refractivity contribution in [3.63, 3.8) is 0 Å². The molecule has 2 rings (SSSR count). The van der Waals surface area contributed by atoms with Crippen molar-refractivity contribution in [3.05, 3.63) is 41.3 Å². The van der Waals surface area contributed by atoms with Crippen molar-refractivity contribution < 1.29 is 5.11 Å². The highest BCUT2D eigenvalue weighted by molar-refractivity contribution is 5.36. The van der Waals surface area contributed by atoms with E-state index in [1.165, 1.54) is 0 Å². The number of nitrogens with zero attached hydrogens (tertiary/aromatic N) is 3. The van der Waals surface area contributed by atoms with Crippen LogP contribution < -0.4 is 0 Å². The van der Waals surface area contributed by atoms with Crippen LogP contribution in [0.3, 0.4) is 0 Å². The van der Waals surface area contributed by atoms with Crippen LogP contribution in [0, 0.1) is 0 Å². The Labute approximate surface area is 107 Å². The predicted octanol–water partition coefficient (Wildman–Crippen LogP) is 2.45. The van der Waals surface area contributed by atoms with Gasteiger partial charge in [-0.05, 0) is 31.9 Å². The van der Waals surface area contributed by atoms with Crippen molar-refractivity contribution in [2.45, 2.75) is 39.7 Å². The minimum atomic E-state index is -0.548. The molecule has 4 heteroatoms. The number of aliphatic hydroxyl groups excluding tert-OH is 1. The summed E-state index contributed by atoms with van der Waals surface area (Å²) in [5.74, 6) is 0.726. The molecule has 0 radical (unpaired) electrons. The second-order valence-corrected chi connectivity index (χ2v) is 4.34. The van der Waals surface area contributed by atoms with Crippen molar-refractivity contribution in [2.75, 3.05) is 0 Å². The van der Waals surface area contributed by atoms with E-state index in [-0.39, 0.29) is 0 Å². The number of aliphatic hydroxyl groups is 1. The van der Waals surface area contributed by atoms with Crippen molar-refractivity contribution in [2.24, 2.45) is 0 Å². The van der Waals surface area contributed by atoms with Gasteiger partial charge in [0.05, 0.1) is 11.8 Å². The molecule has 0 saturated heterocycles. The van der Waals surface area contributed by atoms with Gasteiger partial charge in [-0.2, -0.15) is 5.10 Å². The van der Waals surface area contributed by atoms with E-state index in [0.29, 0.717) is 0 Å². The van der Waals surface area contributed by atoms with E-state index < -0.39 is 6.10 Å². The van der Waals surface area contributed by atoms with E-state index in [2.05, 4.69) is 30.0 Å². The van der Waals surface area contributed by atoms with Crippen LogP contribution in [0.25, 0.3) is 5.82 Å². The zero-order valence-electron chi connectivity index (χ0n) is 11.1. The largest absolute Gasteiger partial charge is 0.389 e. The van der Waals surface area contributed by atoms with Gasteiger partial charge in [-0.1, -0.05) is 19.9 Å².